The monoisotopic (exact) mass is 196 g/mol. The molecule has 0 spiro atoms. The summed E-state index contributed by atoms with van der Waals surface area (Å²) in [5.41, 5.74) is 0. The van der Waals surface area contributed by atoms with E-state index in [9.17, 15) is 13.2 Å². The van der Waals surface area contributed by atoms with Crippen LogP contribution in [0, 0.1) is 11.8 Å². The molecule has 0 aromatic rings. The fraction of sp³-hybridized carbons (Fsp3) is 1.00. The fourth-order valence-electron chi connectivity index (χ4n) is 1.32. The molecule has 0 nitrogen and oxygen atoms in total. The Labute approximate surface area is 78.5 Å². The van der Waals surface area contributed by atoms with Crippen LogP contribution in [0.25, 0.3) is 0 Å². The zero-order chi connectivity index (χ0) is 10.3. The lowest BCUT2D eigenvalue weighted by Gasteiger charge is -2.13. The Kier molecular flexibility index (Phi) is 7.10. The van der Waals surface area contributed by atoms with Gasteiger partial charge in [0.1, 0.15) is 0 Å². The molecular weight excluding hydrogens is 177 g/mol. The van der Waals surface area contributed by atoms with Gasteiger partial charge >= 0.3 is 0 Å². The minimum Gasteiger partial charge on any atom is -0.251 e. The van der Waals surface area contributed by atoms with Crippen molar-refractivity contribution in [2.45, 2.75) is 46.0 Å². The van der Waals surface area contributed by atoms with Crippen LogP contribution in [0.3, 0.4) is 0 Å². The summed E-state index contributed by atoms with van der Waals surface area (Å²) in [5.74, 6) is 0.382. The topological polar surface area (TPSA) is 0 Å². The quantitative estimate of drug-likeness (QED) is 0.576. The van der Waals surface area contributed by atoms with E-state index in [-0.39, 0.29) is 19.0 Å². The predicted molar refractivity (Wildman–Crippen MR) is 48.8 cm³/mol. The van der Waals surface area contributed by atoms with Gasteiger partial charge in [-0.15, -0.1) is 0 Å². The van der Waals surface area contributed by atoms with Crippen LogP contribution in [-0.2, 0) is 0 Å². The highest BCUT2D eigenvalue weighted by molar-refractivity contribution is 4.59. The van der Waals surface area contributed by atoms with Crippen LogP contribution >= 0.6 is 0 Å². The number of halogens is 3. The molecule has 13 heavy (non-hydrogen) atoms. The summed E-state index contributed by atoms with van der Waals surface area (Å²) in [6.45, 7) is 3.49. The lowest BCUT2D eigenvalue weighted by molar-refractivity contribution is 0.114. The molecule has 80 valence electrons. The molecular formula is C10H19F3. The van der Waals surface area contributed by atoms with Crippen molar-refractivity contribution in [3.05, 3.63) is 0 Å². The molecule has 0 radical (unpaired) electrons. The Morgan fingerprint density at radius 1 is 0.923 bits per heavy atom. The summed E-state index contributed by atoms with van der Waals surface area (Å²) in [6, 6.07) is 0. The van der Waals surface area contributed by atoms with Gasteiger partial charge in [-0.1, -0.05) is 26.7 Å². The van der Waals surface area contributed by atoms with E-state index in [1.54, 1.807) is 0 Å². The van der Waals surface area contributed by atoms with Crippen molar-refractivity contribution in [3.63, 3.8) is 0 Å². The lowest BCUT2D eigenvalue weighted by Crippen LogP contribution is -2.05. The molecule has 0 aliphatic rings. The van der Waals surface area contributed by atoms with Gasteiger partial charge in [-0.3, -0.25) is 4.39 Å². The highest BCUT2D eigenvalue weighted by atomic mass is 19.3. The van der Waals surface area contributed by atoms with E-state index in [4.69, 9.17) is 0 Å². The summed E-state index contributed by atoms with van der Waals surface area (Å²) in [6.07, 6.45) is -0.0287. The Balaban J connectivity index is 3.40. The SMILES string of the molecule is CC(CCF)CCC(C)CC(F)F. The number of rotatable bonds is 7. The van der Waals surface area contributed by atoms with Gasteiger partial charge in [-0.2, -0.15) is 0 Å². The highest BCUT2D eigenvalue weighted by Crippen LogP contribution is 2.20. The zero-order valence-electron chi connectivity index (χ0n) is 8.40. The van der Waals surface area contributed by atoms with Gasteiger partial charge in [0.2, 0.25) is 6.43 Å². The summed E-state index contributed by atoms with van der Waals surface area (Å²) in [4.78, 5) is 0. The second-order valence-corrected chi connectivity index (χ2v) is 3.89. The first kappa shape index (κ1) is 12.8. The van der Waals surface area contributed by atoms with Gasteiger partial charge in [0.25, 0.3) is 0 Å². The highest BCUT2D eigenvalue weighted by Gasteiger charge is 2.11. The summed E-state index contributed by atoms with van der Waals surface area (Å²) in [7, 11) is 0. The summed E-state index contributed by atoms with van der Waals surface area (Å²) >= 11 is 0. The molecule has 0 saturated heterocycles. The molecule has 0 saturated carbocycles. The van der Waals surface area contributed by atoms with Crippen molar-refractivity contribution in [1.29, 1.82) is 0 Å². The molecule has 2 atom stereocenters. The summed E-state index contributed by atoms with van der Waals surface area (Å²) < 4.78 is 35.7. The average Bonchev–Trinajstić information content (AvgIpc) is 2.00. The van der Waals surface area contributed by atoms with E-state index >= 15 is 0 Å². The maximum atomic E-state index is 11.9. The van der Waals surface area contributed by atoms with Crippen LogP contribution in [0.5, 0.6) is 0 Å². The Morgan fingerprint density at radius 3 is 1.92 bits per heavy atom. The normalized spacial score (nSPS) is 16.2. The Bertz CT molecular complexity index is 115. The van der Waals surface area contributed by atoms with E-state index in [0.29, 0.717) is 12.3 Å². The molecule has 0 heterocycles. The van der Waals surface area contributed by atoms with Crippen molar-refractivity contribution in [2.75, 3.05) is 6.67 Å². The number of hydrogen-bond acceptors (Lipinski definition) is 0. The predicted octanol–water partition coefficient (Wildman–Crippen LogP) is 4.05. The third kappa shape index (κ3) is 8.13. The molecule has 0 amide bonds. The van der Waals surface area contributed by atoms with E-state index < -0.39 is 6.43 Å². The molecule has 0 rings (SSSR count). The fourth-order valence-corrected chi connectivity index (χ4v) is 1.32. The first-order chi connectivity index (χ1) is 6.06. The first-order valence-electron chi connectivity index (χ1n) is 4.90. The van der Waals surface area contributed by atoms with E-state index in [2.05, 4.69) is 0 Å². The summed E-state index contributed by atoms with van der Waals surface area (Å²) in [5, 5.41) is 0. The maximum Gasteiger partial charge on any atom is 0.238 e. The van der Waals surface area contributed by atoms with Gasteiger partial charge in [0, 0.05) is 6.42 Å². The van der Waals surface area contributed by atoms with Crippen LogP contribution in [0.1, 0.15) is 39.5 Å². The van der Waals surface area contributed by atoms with Gasteiger partial charge in [0.15, 0.2) is 0 Å². The standard InChI is InChI=1S/C10H19F3/c1-8(5-6-11)3-4-9(2)7-10(12)13/h8-10H,3-7H2,1-2H3. The van der Waals surface area contributed by atoms with Gasteiger partial charge < -0.3 is 0 Å². The smallest absolute Gasteiger partial charge is 0.238 e. The maximum absolute atomic E-state index is 11.9. The average molecular weight is 196 g/mol. The molecule has 0 N–H and O–H groups in total. The van der Waals surface area contributed by atoms with Crippen molar-refractivity contribution >= 4 is 0 Å². The third-order valence-corrected chi connectivity index (χ3v) is 2.33. The van der Waals surface area contributed by atoms with Crippen molar-refractivity contribution in [3.8, 4) is 0 Å². The molecule has 3 heteroatoms. The molecule has 0 aromatic carbocycles. The molecule has 0 aromatic heterocycles. The second-order valence-electron chi connectivity index (χ2n) is 3.89. The molecule has 0 fully saturated rings. The molecule has 0 bridgehead atoms. The molecule has 2 unspecified atom stereocenters. The number of alkyl halides is 3. The van der Waals surface area contributed by atoms with Crippen molar-refractivity contribution < 1.29 is 13.2 Å². The first-order valence-corrected chi connectivity index (χ1v) is 4.90. The Hall–Kier alpha value is -0.210. The van der Waals surface area contributed by atoms with Crippen LogP contribution in [0.4, 0.5) is 13.2 Å². The molecule has 0 aliphatic heterocycles. The van der Waals surface area contributed by atoms with Gasteiger partial charge in [-0.05, 0) is 18.3 Å². The van der Waals surface area contributed by atoms with Gasteiger partial charge in [-0.25, -0.2) is 8.78 Å². The van der Waals surface area contributed by atoms with Crippen molar-refractivity contribution in [1.82, 2.24) is 0 Å². The van der Waals surface area contributed by atoms with E-state index in [0.717, 1.165) is 12.8 Å². The van der Waals surface area contributed by atoms with Crippen molar-refractivity contribution in [2.24, 2.45) is 11.8 Å². The molecule has 0 aliphatic carbocycles. The minimum absolute atomic E-state index is 0.0255. The number of hydrogen-bond donors (Lipinski definition) is 0. The van der Waals surface area contributed by atoms with Gasteiger partial charge in [0.05, 0.1) is 6.67 Å². The third-order valence-electron chi connectivity index (χ3n) is 2.33. The van der Waals surface area contributed by atoms with Crippen LogP contribution in [0.2, 0.25) is 0 Å². The second kappa shape index (κ2) is 7.22. The van der Waals surface area contributed by atoms with Crippen LogP contribution < -0.4 is 0 Å². The van der Waals surface area contributed by atoms with E-state index in [1.165, 1.54) is 0 Å². The lowest BCUT2D eigenvalue weighted by atomic mass is 9.94. The van der Waals surface area contributed by atoms with Crippen LogP contribution in [0.15, 0.2) is 0 Å². The largest absolute Gasteiger partial charge is 0.251 e. The zero-order valence-corrected chi connectivity index (χ0v) is 8.40. The van der Waals surface area contributed by atoms with Crippen LogP contribution in [-0.4, -0.2) is 13.1 Å². The minimum atomic E-state index is -2.20. The Morgan fingerprint density at radius 2 is 1.46 bits per heavy atom. The van der Waals surface area contributed by atoms with E-state index in [1.807, 2.05) is 13.8 Å².